The maximum absolute atomic E-state index is 12.5. The maximum atomic E-state index is 12.5. The monoisotopic (exact) mass is 810 g/mol. The number of nitrogens with two attached hydrogens (primary N) is 4. The number of nitrogens with zero attached hydrogens (tertiary/aromatic N) is 4. The van der Waals surface area contributed by atoms with E-state index in [1.54, 1.807) is 0 Å². The summed E-state index contributed by atoms with van der Waals surface area (Å²) in [5.74, 6) is 1.60. The molecule has 302 valence electrons. The second-order valence-electron chi connectivity index (χ2n) is 13.8. The van der Waals surface area contributed by atoms with Crippen molar-refractivity contribution in [3.05, 3.63) is 0 Å². The first-order chi connectivity index (χ1) is 24.8. The van der Waals surface area contributed by atoms with Gasteiger partial charge in [-0.25, -0.2) is 0 Å². The normalized spacial score (nSPS) is 19.1. The second-order valence-corrected chi connectivity index (χ2v) is 18.9. The van der Waals surface area contributed by atoms with Crippen LogP contribution in [0.15, 0.2) is 0 Å². The standard InChI is InChI=1S/C32H66N12O4S4/c1-41(2)14-7-37-29(45)25(33)20-49-50-21-26(34)30(46)38-8-15-42(3)18-24-6-13-44(19-24)17-10-40-32(48)28(36)23-52-51-22-27(35)31(47)39-9-16-43-11-4-5-12-43/h24-28H,4-23,33-36H2,1-3H3,(H,37,45)(H,38,46)(H,39,47)(H,40,48)/t24?,25-,26-,27-,28-/m0/s1. The molecule has 0 aromatic rings. The van der Waals surface area contributed by atoms with E-state index in [1.807, 2.05) is 19.0 Å². The van der Waals surface area contributed by atoms with Crippen molar-refractivity contribution in [1.82, 2.24) is 40.9 Å². The molecule has 4 amide bonds. The molecule has 2 heterocycles. The Morgan fingerprint density at radius 1 is 0.615 bits per heavy atom. The van der Waals surface area contributed by atoms with Crippen molar-refractivity contribution in [1.29, 1.82) is 0 Å². The van der Waals surface area contributed by atoms with E-state index in [0.717, 1.165) is 65.3 Å². The van der Waals surface area contributed by atoms with Crippen LogP contribution in [-0.2, 0) is 19.2 Å². The summed E-state index contributed by atoms with van der Waals surface area (Å²) < 4.78 is 0. The van der Waals surface area contributed by atoms with Crippen molar-refractivity contribution in [2.75, 3.05) is 129 Å². The van der Waals surface area contributed by atoms with Gasteiger partial charge in [0.15, 0.2) is 0 Å². The third-order valence-corrected chi connectivity index (χ3v) is 13.7. The number of nitrogens with one attached hydrogen (secondary N) is 4. The zero-order valence-electron chi connectivity index (χ0n) is 31.4. The van der Waals surface area contributed by atoms with Gasteiger partial charge in [-0.2, -0.15) is 0 Å². The lowest BCUT2D eigenvalue weighted by molar-refractivity contribution is -0.122. The highest BCUT2D eigenvalue weighted by Crippen LogP contribution is 2.23. The molecule has 2 aliphatic heterocycles. The summed E-state index contributed by atoms with van der Waals surface area (Å²) in [5.41, 5.74) is 24.1. The van der Waals surface area contributed by atoms with Gasteiger partial charge in [0.25, 0.3) is 0 Å². The number of likely N-dealkylation sites (tertiary alicyclic amines) is 2. The summed E-state index contributed by atoms with van der Waals surface area (Å²) >= 11 is 0. The Morgan fingerprint density at radius 3 is 1.46 bits per heavy atom. The van der Waals surface area contributed by atoms with E-state index in [0.29, 0.717) is 55.1 Å². The summed E-state index contributed by atoms with van der Waals surface area (Å²) in [6.45, 7) is 10.4. The molecule has 0 saturated carbocycles. The molecule has 0 radical (unpaired) electrons. The van der Waals surface area contributed by atoms with Crippen LogP contribution in [0.4, 0.5) is 0 Å². The highest BCUT2D eigenvalue weighted by atomic mass is 33.1. The number of hydrogen-bond acceptors (Lipinski definition) is 16. The summed E-state index contributed by atoms with van der Waals surface area (Å²) in [6, 6.07) is -2.46. The number of amides is 4. The molecule has 0 spiro atoms. The third kappa shape index (κ3) is 21.2. The van der Waals surface area contributed by atoms with E-state index in [9.17, 15) is 19.2 Å². The molecule has 16 nitrogen and oxygen atoms in total. The van der Waals surface area contributed by atoms with Crippen molar-refractivity contribution in [2.24, 2.45) is 28.9 Å². The maximum Gasteiger partial charge on any atom is 0.237 e. The van der Waals surface area contributed by atoms with Gasteiger partial charge in [-0.1, -0.05) is 43.2 Å². The van der Waals surface area contributed by atoms with Gasteiger partial charge in [0, 0.05) is 88.5 Å². The summed E-state index contributed by atoms with van der Waals surface area (Å²) in [4.78, 5) is 58.1. The zero-order chi connectivity index (χ0) is 38.3. The molecule has 1 unspecified atom stereocenters. The van der Waals surface area contributed by atoms with Crippen LogP contribution < -0.4 is 44.2 Å². The Balaban J connectivity index is 1.46. The minimum Gasteiger partial charge on any atom is -0.353 e. The van der Waals surface area contributed by atoms with Crippen molar-refractivity contribution in [2.45, 2.75) is 43.4 Å². The van der Waals surface area contributed by atoms with Crippen molar-refractivity contribution < 1.29 is 19.2 Å². The Labute approximate surface area is 327 Å². The molecule has 0 aromatic carbocycles. The van der Waals surface area contributed by atoms with E-state index in [2.05, 4.69) is 43.0 Å². The molecule has 0 aliphatic carbocycles. The van der Waals surface area contributed by atoms with Crippen molar-refractivity contribution >= 4 is 66.8 Å². The van der Waals surface area contributed by atoms with Gasteiger partial charge in [0.2, 0.25) is 23.6 Å². The van der Waals surface area contributed by atoms with Crippen LogP contribution in [0.1, 0.15) is 19.3 Å². The second kappa shape index (κ2) is 27.5. The molecule has 2 rings (SSSR count). The molecule has 12 N–H and O–H groups in total. The molecule has 0 bridgehead atoms. The first kappa shape index (κ1) is 47.1. The molecule has 20 heteroatoms. The highest BCUT2D eigenvalue weighted by Gasteiger charge is 2.24. The number of rotatable bonds is 28. The van der Waals surface area contributed by atoms with Crippen LogP contribution >= 0.6 is 43.2 Å². The minimum atomic E-state index is -0.637. The number of hydrogen-bond donors (Lipinski definition) is 8. The summed E-state index contributed by atoms with van der Waals surface area (Å²) in [5, 5.41) is 11.6. The zero-order valence-corrected chi connectivity index (χ0v) is 34.7. The van der Waals surface area contributed by atoms with Gasteiger partial charge in [0.1, 0.15) is 0 Å². The van der Waals surface area contributed by atoms with Crippen LogP contribution in [0.2, 0.25) is 0 Å². The summed E-state index contributed by atoms with van der Waals surface area (Å²) in [7, 11) is 11.7. The van der Waals surface area contributed by atoms with Crippen LogP contribution in [0.25, 0.3) is 0 Å². The third-order valence-electron chi connectivity index (χ3n) is 8.75. The number of likely N-dealkylation sites (N-methyl/N-ethyl adjacent to an activating group) is 2. The van der Waals surface area contributed by atoms with Gasteiger partial charge >= 0.3 is 0 Å². The predicted molar refractivity (Wildman–Crippen MR) is 220 cm³/mol. The quantitative estimate of drug-likeness (QED) is 0.0300. The van der Waals surface area contributed by atoms with Gasteiger partial charge in [-0.05, 0) is 66.0 Å². The topological polar surface area (TPSA) is 233 Å². The van der Waals surface area contributed by atoms with Gasteiger partial charge in [-0.15, -0.1) is 0 Å². The molecule has 0 aromatic heterocycles. The fraction of sp³-hybridized carbons (Fsp3) is 0.875. The Bertz CT molecular complexity index is 1050. The average molecular weight is 811 g/mol. The predicted octanol–water partition coefficient (Wildman–Crippen LogP) is -2.57. The molecular formula is C32H66N12O4S4. The molecule has 2 saturated heterocycles. The van der Waals surface area contributed by atoms with Crippen molar-refractivity contribution in [3.8, 4) is 0 Å². The van der Waals surface area contributed by atoms with E-state index >= 15 is 0 Å². The molecule has 2 aliphatic rings. The lowest BCUT2D eigenvalue weighted by Gasteiger charge is -2.22. The first-order valence-corrected chi connectivity index (χ1v) is 23.2. The summed E-state index contributed by atoms with van der Waals surface area (Å²) in [6.07, 6.45) is 3.53. The van der Waals surface area contributed by atoms with E-state index < -0.39 is 24.2 Å². The Morgan fingerprint density at radius 2 is 1.02 bits per heavy atom. The molecule has 52 heavy (non-hydrogen) atoms. The van der Waals surface area contributed by atoms with Gasteiger partial charge < -0.3 is 63.8 Å². The van der Waals surface area contributed by atoms with Crippen LogP contribution in [0.3, 0.4) is 0 Å². The van der Waals surface area contributed by atoms with E-state index in [-0.39, 0.29) is 23.6 Å². The Hall–Kier alpha value is -1.04. The van der Waals surface area contributed by atoms with E-state index in [1.165, 1.54) is 56.0 Å². The number of carbonyl (C=O) groups excluding carboxylic acids is 4. The molecule has 5 atom stereocenters. The average Bonchev–Trinajstić information content (AvgIpc) is 3.80. The lowest BCUT2D eigenvalue weighted by atomic mass is 10.1. The van der Waals surface area contributed by atoms with Gasteiger partial charge in [0.05, 0.1) is 24.2 Å². The fourth-order valence-electron chi connectivity index (χ4n) is 5.56. The lowest BCUT2D eigenvalue weighted by Crippen LogP contribution is -2.45. The van der Waals surface area contributed by atoms with Crippen LogP contribution in [-0.4, -0.2) is 197 Å². The van der Waals surface area contributed by atoms with Crippen LogP contribution in [0.5, 0.6) is 0 Å². The minimum absolute atomic E-state index is 0.144. The largest absolute Gasteiger partial charge is 0.353 e. The number of carbonyl (C=O) groups is 4. The molecular weight excluding hydrogens is 745 g/mol. The fourth-order valence-corrected chi connectivity index (χ4v) is 10.1. The Kier molecular flexibility index (Phi) is 24.9. The van der Waals surface area contributed by atoms with Crippen molar-refractivity contribution in [3.63, 3.8) is 0 Å². The smallest absolute Gasteiger partial charge is 0.237 e. The molecule has 2 fully saturated rings. The van der Waals surface area contributed by atoms with Crippen LogP contribution in [0, 0.1) is 5.92 Å². The highest BCUT2D eigenvalue weighted by molar-refractivity contribution is 8.77. The van der Waals surface area contributed by atoms with Gasteiger partial charge in [-0.3, -0.25) is 19.2 Å². The first-order valence-electron chi connectivity index (χ1n) is 18.3. The SMILES string of the molecule is CN(C)CCNC(=O)[C@@H](N)CSSC[C@H](N)C(=O)NCCN(C)CC1CCN(CCNC(=O)[C@@H](N)CSSC[C@H](N)C(=O)NCCN2CCCC2)C1. The van der Waals surface area contributed by atoms with E-state index in [4.69, 9.17) is 22.9 Å².